The van der Waals surface area contributed by atoms with Crippen molar-refractivity contribution in [2.45, 2.75) is 6.18 Å². The third-order valence-electron chi connectivity index (χ3n) is 3.37. The van der Waals surface area contributed by atoms with Crippen molar-refractivity contribution in [3.8, 4) is 17.1 Å². The highest BCUT2D eigenvalue weighted by Crippen LogP contribution is 2.36. The maximum atomic E-state index is 13.0. The Labute approximate surface area is 141 Å². The Morgan fingerprint density at radius 1 is 1.08 bits per heavy atom. The Morgan fingerprint density at radius 3 is 2.35 bits per heavy atom. The summed E-state index contributed by atoms with van der Waals surface area (Å²) >= 11 is 0. The number of halogens is 3. The van der Waals surface area contributed by atoms with Crippen LogP contribution in [0.2, 0.25) is 0 Å². The molecule has 9 nitrogen and oxygen atoms in total. The number of nitro groups is 2. The molecule has 1 aromatic carbocycles. The van der Waals surface area contributed by atoms with E-state index < -0.39 is 33.1 Å². The molecule has 134 valence electrons. The van der Waals surface area contributed by atoms with Gasteiger partial charge in [-0.3, -0.25) is 20.2 Å². The van der Waals surface area contributed by atoms with Gasteiger partial charge in [-0.2, -0.15) is 18.3 Å². The predicted molar refractivity (Wildman–Crippen MR) is 79.6 cm³/mol. The molecular weight excluding hydrogens is 361 g/mol. The molecular formula is C14H7F3N4O5. The molecule has 12 heteroatoms. The van der Waals surface area contributed by atoms with Crippen LogP contribution in [0, 0.1) is 20.2 Å². The summed E-state index contributed by atoms with van der Waals surface area (Å²) in [6.45, 7) is 0. The normalized spacial score (nSPS) is 11.5. The SMILES string of the molecule is O=[N+]([O-])c1ccc(-n2nc(C(F)(F)F)cc2-c2ccco2)c([N+](=O)[O-])c1. The van der Waals surface area contributed by atoms with Crippen LogP contribution >= 0.6 is 0 Å². The van der Waals surface area contributed by atoms with Crippen LogP contribution < -0.4 is 0 Å². The third kappa shape index (κ3) is 2.99. The number of hydrogen-bond donors (Lipinski definition) is 0. The molecule has 0 unspecified atom stereocenters. The Bertz CT molecular complexity index is 995. The molecule has 0 fully saturated rings. The van der Waals surface area contributed by atoms with E-state index in [1.807, 2.05) is 0 Å². The molecule has 0 amide bonds. The highest BCUT2D eigenvalue weighted by Gasteiger charge is 2.36. The van der Waals surface area contributed by atoms with Gasteiger partial charge in [-0.05, 0) is 18.2 Å². The second kappa shape index (κ2) is 5.98. The van der Waals surface area contributed by atoms with Crippen LogP contribution in [0.3, 0.4) is 0 Å². The van der Waals surface area contributed by atoms with E-state index in [4.69, 9.17) is 4.42 Å². The van der Waals surface area contributed by atoms with Crippen LogP contribution in [0.5, 0.6) is 0 Å². The van der Waals surface area contributed by atoms with Gasteiger partial charge in [-0.25, -0.2) is 4.68 Å². The Morgan fingerprint density at radius 2 is 1.81 bits per heavy atom. The number of alkyl halides is 3. The zero-order valence-electron chi connectivity index (χ0n) is 12.5. The van der Waals surface area contributed by atoms with E-state index in [-0.39, 0.29) is 17.1 Å². The molecule has 0 atom stereocenters. The van der Waals surface area contributed by atoms with Crippen LogP contribution in [-0.4, -0.2) is 19.6 Å². The monoisotopic (exact) mass is 368 g/mol. The summed E-state index contributed by atoms with van der Waals surface area (Å²) in [7, 11) is 0. The second-order valence-corrected chi connectivity index (χ2v) is 4.99. The number of non-ortho nitro benzene ring substituents is 1. The molecule has 2 aromatic heterocycles. The van der Waals surface area contributed by atoms with Gasteiger partial charge in [-0.15, -0.1) is 0 Å². The lowest BCUT2D eigenvalue weighted by molar-refractivity contribution is -0.394. The van der Waals surface area contributed by atoms with Crippen molar-refractivity contribution in [1.82, 2.24) is 9.78 Å². The van der Waals surface area contributed by atoms with Gasteiger partial charge in [0.05, 0.1) is 22.2 Å². The number of aromatic nitrogens is 2. The van der Waals surface area contributed by atoms with E-state index in [0.717, 1.165) is 12.1 Å². The summed E-state index contributed by atoms with van der Waals surface area (Å²) in [4.78, 5) is 20.3. The number of benzene rings is 1. The fourth-order valence-electron chi connectivity index (χ4n) is 2.25. The molecule has 0 N–H and O–H groups in total. The first-order valence-corrected chi connectivity index (χ1v) is 6.83. The Hall–Kier alpha value is -3.70. The van der Waals surface area contributed by atoms with Crippen molar-refractivity contribution < 1.29 is 27.4 Å². The zero-order valence-corrected chi connectivity index (χ0v) is 12.5. The quantitative estimate of drug-likeness (QED) is 0.508. The van der Waals surface area contributed by atoms with Crippen molar-refractivity contribution in [1.29, 1.82) is 0 Å². The second-order valence-electron chi connectivity index (χ2n) is 4.99. The lowest BCUT2D eigenvalue weighted by Gasteiger charge is -2.06. The van der Waals surface area contributed by atoms with Gasteiger partial charge >= 0.3 is 11.9 Å². The standard InChI is InChI=1S/C14H7F3N4O5/c15-14(16,17)13-7-11(12-2-1-5-26-12)19(18-13)9-4-3-8(20(22)23)6-10(9)21(24)25/h1-7H. The predicted octanol–water partition coefficient (Wildman–Crippen LogP) is 3.97. The van der Waals surface area contributed by atoms with E-state index in [1.165, 1.54) is 18.4 Å². The minimum Gasteiger partial charge on any atom is -0.463 e. The highest BCUT2D eigenvalue weighted by molar-refractivity contribution is 5.64. The summed E-state index contributed by atoms with van der Waals surface area (Å²) in [5.41, 5.74) is -3.22. The van der Waals surface area contributed by atoms with E-state index in [9.17, 15) is 33.4 Å². The molecule has 3 rings (SSSR count). The number of hydrogen-bond acceptors (Lipinski definition) is 6. The lowest BCUT2D eigenvalue weighted by Crippen LogP contribution is -2.08. The molecule has 0 aliphatic heterocycles. The first kappa shape index (κ1) is 17.1. The van der Waals surface area contributed by atoms with E-state index >= 15 is 0 Å². The molecule has 0 saturated heterocycles. The van der Waals surface area contributed by atoms with Gasteiger partial charge in [-0.1, -0.05) is 0 Å². The van der Waals surface area contributed by atoms with Crippen LogP contribution in [0.4, 0.5) is 24.5 Å². The summed E-state index contributed by atoms with van der Waals surface area (Å²) in [6, 6.07) is 5.98. The van der Waals surface area contributed by atoms with Crippen LogP contribution in [0.15, 0.2) is 47.1 Å². The van der Waals surface area contributed by atoms with Crippen LogP contribution in [-0.2, 0) is 6.18 Å². The minimum absolute atomic E-state index is 0.0133. The topological polar surface area (TPSA) is 117 Å². The van der Waals surface area contributed by atoms with Gasteiger partial charge < -0.3 is 4.42 Å². The fraction of sp³-hybridized carbons (Fsp3) is 0.0714. The van der Waals surface area contributed by atoms with E-state index in [2.05, 4.69) is 5.10 Å². The van der Waals surface area contributed by atoms with E-state index in [1.54, 1.807) is 0 Å². The number of nitrogens with zero attached hydrogens (tertiary/aromatic N) is 4. The van der Waals surface area contributed by atoms with Gasteiger partial charge in [0.25, 0.3) is 5.69 Å². The average Bonchev–Trinajstić information content (AvgIpc) is 3.22. The first-order valence-electron chi connectivity index (χ1n) is 6.83. The molecule has 0 radical (unpaired) electrons. The lowest BCUT2D eigenvalue weighted by atomic mass is 10.2. The van der Waals surface area contributed by atoms with Crippen LogP contribution in [0.1, 0.15) is 5.69 Å². The molecule has 0 saturated carbocycles. The van der Waals surface area contributed by atoms with Gasteiger partial charge in [0.1, 0.15) is 11.4 Å². The summed E-state index contributed by atoms with van der Waals surface area (Å²) in [5, 5.41) is 25.5. The summed E-state index contributed by atoms with van der Waals surface area (Å²) < 4.78 is 44.8. The van der Waals surface area contributed by atoms with Crippen molar-refractivity contribution in [2.75, 3.05) is 0 Å². The van der Waals surface area contributed by atoms with Gasteiger partial charge in [0, 0.05) is 12.1 Å². The molecule has 0 aliphatic rings. The third-order valence-corrected chi connectivity index (χ3v) is 3.37. The Kier molecular flexibility index (Phi) is 3.94. The highest BCUT2D eigenvalue weighted by atomic mass is 19.4. The molecule has 0 spiro atoms. The van der Waals surface area contributed by atoms with E-state index in [0.29, 0.717) is 16.8 Å². The van der Waals surface area contributed by atoms with Crippen molar-refractivity contribution in [2.24, 2.45) is 0 Å². The number of rotatable bonds is 4. The largest absolute Gasteiger partial charge is 0.463 e. The van der Waals surface area contributed by atoms with Crippen molar-refractivity contribution >= 4 is 11.4 Å². The zero-order chi connectivity index (χ0) is 19.1. The number of furan rings is 1. The molecule has 0 aliphatic carbocycles. The maximum absolute atomic E-state index is 13.0. The number of nitro benzene ring substituents is 2. The van der Waals surface area contributed by atoms with Crippen molar-refractivity contribution in [3.63, 3.8) is 0 Å². The minimum atomic E-state index is -4.80. The smallest absolute Gasteiger partial charge is 0.435 e. The van der Waals surface area contributed by atoms with Crippen molar-refractivity contribution in [3.05, 3.63) is 68.6 Å². The maximum Gasteiger partial charge on any atom is 0.435 e. The summed E-state index contributed by atoms with van der Waals surface area (Å²) in [5.74, 6) is -0.0133. The molecule has 2 heterocycles. The summed E-state index contributed by atoms with van der Waals surface area (Å²) in [6.07, 6.45) is -3.59. The van der Waals surface area contributed by atoms with Gasteiger partial charge in [0.15, 0.2) is 11.5 Å². The average molecular weight is 368 g/mol. The molecule has 3 aromatic rings. The Balaban J connectivity index is 2.28. The van der Waals surface area contributed by atoms with Gasteiger partial charge in [0.2, 0.25) is 0 Å². The first-order chi connectivity index (χ1) is 12.2. The van der Waals surface area contributed by atoms with Crippen LogP contribution in [0.25, 0.3) is 17.1 Å². The molecule has 26 heavy (non-hydrogen) atoms. The molecule has 0 bridgehead atoms. The fourth-order valence-corrected chi connectivity index (χ4v) is 2.25.